The average molecular weight is 278 g/mol. The first-order valence-electron chi connectivity index (χ1n) is 6.03. The maximum Gasteiger partial charge on any atom is 0.236 e. The number of hydrogen-bond acceptors (Lipinski definition) is 4. The van der Waals surface area contributed by atoms with Gasteiger partial charge in [0.2, 0.25) is 17.7 Å². The number of carbonyl (C=O) groups excluding carboxylic acids is 1. The number of alkyl halides is 1. The Hall–Kier alpha value is -1.88. The smallest absolute Gasteiger partial charge is 0.236 e. The molecular formula is C13H12ClN3O2. The first-order chi connectivity index (χ1) is 9.28. The van der Waals surface area contributed by atoms with Crippen LogP contribution < -0.4 is 4.90 Å². The minimum absolute atomic E-state index is 0.0327. The number of carbonyl (C=O) groups is 1. The zero-order chi connectivity index (χ0) is 13.2. The molecule has 1 aliphatic heterocycles. The highest BCUT2D eigenvalue weighted by Gasteiger charge is 2.25. The van der Waals surface area contributed by atoms with Gasteiger partial charge in [-0.25, -0.2) is 0 Å². The first kappa shape index (κ1) is 12.2. The summed E-state index contributed by atoms with van der Waals surface area (Å²) in [5.41, 5.74) is 2.17. The molecule has 98 valence electrons. The van der Waals surface area contributed by atoms with Crippen LogP contribution in [0.1, 0.15) is 17.3 Å². The summed E-state index contributed by atoms with van der Waals surface area (Å²) in [6.07, 6.45) is 0.997. The lowest BCUT2D eigenvalue weighted by Crippen LogP contribution is -2.30. The van der Waals surface area contributed by atoms with Crippen molar-refractivity contribution < 1.29 is 9.21 Å². The monoisotopic (exact) mass is 277 g/mol. The Morgan fingerprint density at radius 1 is 1.32 bits per heavy atom. The molecule has 19 heavy (non-hydrogen) atoms. The molecular weight excluding hydrogens is 266 g/mol. The molecule has 0 atom stereocenters. The molecule has 0 N–H and O–H groups in total. The molecule has 3 rings (SSSR count). The maximum absolute atomic E-state index is 12.2. The number of benzene rings is 1. The largest absolute Gasteiger partial charge is 0.423 e. The minimum atomic E-state index is -0.0327. The highest BCUT2D eigenvalue weighted by atomic mass is 35.5. The number of halogens is 1. The van der Waals surface area contributed by atoms with Gasteiger partial charge in [-0.05, 0) is 18.1 Å². The van der Waals surface area contributed by atoms with Gasteiger partial charge in [-0.15, -0.1) is 21.8 Å². The van der Waals surface area contributed by atoms with Crippen molar-refractivity contribution in [1.29, 1.82) is 0 Å². The molecule has 0 aliphatic carbocycles. The van der Waals surface area contributed by atoms with Gasteiger partial charge in [-0.2, -0.15) is 0 Å². The first-order valence-corrected chi connectivity index (χ1v) is 6.57. The van der Waals surface area contributed by atoms with Crippen LogP contribution in [0.4, 0.5) is 5.69 Å². The topological polar surface area (TPSA) is 59.2 Å². The molecule has 0 saturated heterocycles. The van der Waals surface area contributed by atoms with Crippen LogP contribution >= 0.6 is 11.6 Å². The molecule has 2 heterocycles. The summed E-state index contributed by atoms with van der Waals surface area (Å²) in [5, 5.41) is 7.55. The van der Waals surface area contributed by atoms with Crippen molar-refractivity contribution in [3.05, 3.63) is 41.6 Å². The van der Waals surface area contributed by atoms with Gasteiger partial charge in [-0.3, -0.25) is 4.79 Å². The molecule has 0 spiro atoms. The Morgan fingerprint density at radius 3 is 2.89 bits per heavy atom. The molecule has 0 bridgehead atoms. The third-order valence-electron chi connectivity index (χ3n) is 3.11. The number of rotatable bonds is 3. The van der Waals surface area contributed by atoms with Crippen LogP contribution in [0.25, 0.3) is 0 Å². The fourth-order valence-electron chi connectivity index (χ4n) is 2.24. The molecule has 1 aliphatic rings. The molecule has 6 heteroatoms. The van der Waals surface area contributed by atoms with E-state index in [4.69, 9.17) is 16.0 Å². The molecule has 0 fully saturated rings. The standard InChI is InChI=1S/C13H12ClN3O2/c14-8-12-16-15-11(19-12)7-13(18)17-6-5-9-3-1-2-4-10(9)17/h1-4H,5-8H2. The van der Waals surface area contributed by atoms with E-state index in [2.05, 4.69) is 10.2 Å². The van der Waals surface area contributed by atoms with E-state index in [9.17, 15) is 4.79 Å². The van der Waals surface area contributed by atoms with Gasteiger partial charge < -0.3 is 9.32 Å². The van der Waals surface area contributed by atoms with E-state index >= 15 is 0 Å². The zero-order valence-electron chi connectivity index (χ0n) is 10.2. The van der Waals surface area contributed by atoms with Crippen LogP contribution in [0.15, 0.2) is 28.7 Å². The lowest BCUT2D eigenvalue weighted by atomic mass is 10.2. The van der Waals surface area contributed by atoms with Crippen LogP contribution in [0.2, 0.25) is 0 Å². The Bertz CT molecular complexity index is 611. The fourth-order valence-corrected chi connectivity index (χ4v) is 2.34. The lowest BCUT2D eigenvalue weighted by molar-refractivity contribution is -0.118. The van der Waals surface area contributed by atoms with Gasteiger partial charge in [0.15, 0.2) is 0 Å². The Balaban J connectivity index is 1.75. The summed E-state index contributed by atoms with van der Waals surface area (Å²) in [6, 6.07) is 7.92. The van der Waals surface area contributed by atoms with Crippen molar-refractivity contribution in [2.75, 3.05) is 11.4 Å². The molecule has 0 saturated carbocycles. The number of fused-ring (bicyclic) bond motifs is 1. The second-order valence-electron chi connectivity index (χ2n) is 4.32. The number of para-hydroxylation sites is 1. The quantitative estimate of drug-likeness (QED) is 0.805. The number of amides is 1. The minimum Gasteiger partial charge on any atom is -0.423 e. The number of hydrogen-bond donors (Lipinski definition) is 0. The lowest BCUT2D eigenvalue weighted by Gasteiger charge is -2.16. The zero-order valence-corrected chi connectivity index (χ0v) is 10.9. The Morgan fingerprint density at radius 2 is 2.11 bits per heavy atom. The number of anilines is 1. The molecule has 5 nitrogen and oxygen atoms in total. The van der Waals surface area contributed by atoms with E-state index in [1.807, 2.05) is 24.3 Å². The van der Waals surface area contributed by atoms with Gasteiger partial charge in [0, 0.05) is 12.2 Å². The van der Waals surface area contributed by atoms with Crippen molar-refractivity contribution in [3.63, 3.8) is 0 Å². The summed E-state index contributed by atoms with van der Waals surface area (Å²) in [4.78, 5) is 14.0. The predicted octanol–water partition coefficient (Wildman–Crippen LogP) is 1.94. The molecule has 0 unspecified atom stereocenters. The third-order valence-corrected chi connectivity index (χ3v) is 3.34. The van der Waals surface area contributed by atoms with E-state index in [1.54, 1.807) is 4.90 Å². The third kappa shape index (κ3) is 2.33. The van der Waals surface area contributed by atoms with Crippen molar-refractivity contribution in [1.82, 2.24) is 10.2 Å². The maximum atomic E-state index is 12.2. The van der Waals surface area contributed by atoms with Crippen LogP contribution in [-0.2, 0) is 23.5 Å². The van der Waals surface area contributed by atoms with Crippen molar-refractivity contribution >= 4 is 23.2 Å². The average Bonchev–Trinajstić information content (AvgIpc) is 3.04. The predicted molar refractivity (Wildman–Crippen MR) is 70.1 cm³/mol. The molecule has 2 aromatic rings. The van der Waals surface area contributed by atoms with Gasteiger partial charge in [0.25, 0.3) is 0 Å². The summed E-state index contributed by atoms with van der Waals surface area (Å²) in [7, 11) is 0. The van der Waals surface area contributed by atoms with E-state index < -0.39 is 0 Å². The molecule has 1 amide bonds. The second-order valence-corrected chi connectivity index (χ2v) is 4.59. The van der Waals surface area contributed by atoms with E-state index in [0.717, 1.165) is 12.1 Å². The highest BCUT2D eigenvalue weighted by molar-refractivity contribution is 6.16. The van der Waals surface area contributed by atoms with E-state index in [0.29, 0.717) is 18.3 Å². The van der Waals surface area contributed by atoms with Crippen LogP contribution in [0.5, 0.6) is 0 Å². The molecule has 1 aromatic heterocycles. The highest BCUT2D eigenvalue weighted by Crippen LogP contribution is 2.27. The summed E-state index contributed by atoms with van der Waals surface area (Å²) < 4.78 is 5.25. The van der Waals surface area contributed by atoms with Crippen LogP contribution in [0, 0.1) is 0 Å². The number of aromatic nitrogens is 2. The normalized spacial score (nSPS) is 13.6. The van der Waals surface area contributed by atoms with E-state index in [1.165, 1.54) is 5.56 Å². The Labute approximate surface area is 115 Å². The van der Waals surface area contributed by atoms with E-state index in [-0.39, 0.29) is 18.2 Å². The van der Waals surface area contributed by atoms with Gasteiger partial charge in [-0.1, -0.05) is 18.2 Å². The van der Waals surface area contributed by atoms with Crippen LogP contribution in [0.3, 0.4) is 0 Å². The number of nitrogens with zero attached hydrogens (tertiary/aromatic N) is 3. The second kappa shape index (κ2) is 5.01. The van der Waals surface area contributed by atoms with Crippen molar-refractivity contribution in [2.24, 2.45) is 0 Å². The molecule has 1 aromatic carbocycles. The summed E-state index contributed by atoms with van der Waals surface area (Å²) in [6.45, 7) is 0.703. The van der Waals surface area contributed by atoms with Crippen molar-refractivity contribution in [3.8, 4) is 0 Å². The molecule has 0 radical (unpaired) electrons. The SMILES string of the molecule is O=C(Cc1nnc(CCl)o1)N1CCc2ccccc21. The van der Waals surface area contributed by atoms with Gasteiger partial charge in [0.05, 0.1) is 0 Å². The Kier molecular flexibility index (Phi) is 3.21. The van der Waals surface area contributed by atoms with Crippen molar-refractivity contribution in [2.45, 2.75) is 18.7 Å². The van der Waals surface area contributed by atoms with Gasteiger partial charge in [0.1, 0.15) is 12.3 Å². The summed E-state index contributed by atoms with van der Waals surface area (Å²) >= 11 is 5.58. The van der Waals surface area contributed by atoms with Gasteiger partial charge >= 0.3 is 0 Å². The summed E-state index contributed by atoms with van der Waals surface area (Å²) in [5.74, 6) is 0.777. The fraction of sp³-hybridized carbons (Fsp3) is 0.308. The van der Waals surface area contributed by atoms with Crippen LogP contribution in [-0.4, -0.2) is 22.6 Å².